The molecule has 3 aromatic rings. The largest absolute Gasteiger partial charge is 0.352 e. The van der Waals surface area contributed by atoms with Gasteiger partial charge in [0, 0.05) is 60.1 Å². The predicted octanol–water partition coefficient (Wildman–Crippen LogP) is 3.86. The monoisotopic (exact) mass is 436 g/mol. The fourth-order valence-corrected chi connectivity index (χ4v) is 3.07. The fraction of sp³-hybridized carbons (Fsp3) is 0.250. The highest BCUT2D eigenvalue weighted by atomic mass is 19.3. The van der Waals surface area contributed by atoms with Crippen LogP contribution in [0.3, 0.4) is 0 Å². The van der Waals surface area contributed by atoms with Crippen molar-refractivity contribution < 1.29 is 13.6 Å². The van der Waals surface area contributed by atoms with Gasteiger partial charge in [-0.2, -0.15) is 0 Å². The average Bonchev–Trinajstić information content (AvgIpc) is 2.76. The van der Waals surface area contributed by atoms with E-state index in [1.165, 1.54) is 36.7 Å². The highest BCUT2D eigenvalue weighted by Gasteiger charge is 2.29. The summed E-state index contributed by atoms with van der Waals surface area (Å²) in [5.41, 5.74) is 1.07. The van der Waals surface area contributed by atoms with Gasteiger partial charge in [0.1, 0.15) is 5.82 Å². The summed E-state index contributed by atoms with van der Waals surface area (Å²) in [4.78, 5) is 35.2. The van der Waals surface area contributed by atoms with Crippen LogP contribution >= 0.6 is 0 Å². The number of amides is 1. The second-order valence-electron chi connectivity index (χ2n) is 7.73. The Morgan fingerprint density at radius 2 is 2.00 bits per heavy atom. The van der Waals surface area contributed by atoms with Crippen LogP contribution in [0.2, 0.25) is 0 Å². The number of hydrogen-bond donors (Lipinski definition) is 2. The van der Waals surface area contributed by atoms with Crippen LogP contribution in [0.25, 0.3) is 22.6 Å². The summed E-state index contributed by atoms with van der Waals surface area (Å²) >= 11 is 0. The summed E-state index contributed by atoms with van der Waals surface area (Å²) in [7, 11) is 0. The molecule has 2 heterocycles. The number of benzene rings is 1. The minimum atomic E-state index is -3.19. The van der Waals surface area contributed by atoms with E-state index in [0.29, 0.717) is 16.7 Å². The van der Waals surface area contributed by atoms with Crippen LogP contribution in [0.15, 0.2) is 47.5 Å². The highest BCUT2D eigenvalue weighted by Crippen LogP contribution is 2.35. The van der Waals surface area contributed by atoms with E-state index in [9.17, 15) is 18.4 Å². The lowest BCUT2D eigenvalue weighted by atomic mass is 9.98. The van der Waals surface area contributed by atoms with Crippen molar-refractivity contribution in [3.63, 3.8) is 0 Å². The summed E-state index contributed by atoms with van der Waals surface area (Å²) in [5.74, 6) is -1.12. The van der Waals surface area contributed by atoms with Gasteiger partial charge in [0.2, 0.25) is 5.91 Å². The minimum absolute atomic E-state index is 0.0211. The predicted molar refractivity (Wildman–Crippen MR) is 118 cm³/mol. The number of carbonyl (C=O) groups is 1. The molecule has 1 amide bonds. The van der Waals surface area contributed by atoms with Crippen LogP contribution in [-0.2, 0) is 17.3 Å². The van der Waals surface area contributed by atoms with Crippen LogP contribution in [0.5, 0.6) is 0 Å². The van der Waals surface area contributed by atoms with Gasteiger partial charge in [0.05, 0.1) is 5.69 Å². The lowest BCUT2D eigenvalue weighted by molar-refractivity contribution is -0.124. The molecule has 32 heavy (non-hydrogen) atoms. The molecule has 0 bridgehead atoms. The molecule has 0 fully saturated rings. The van der Waals surface area contributed by atoms with E-state index in [0.717, 1.165) is 6.92 Å². The summed E-state index contributed by atoms with van der Waals surface area (Å²) in [6.45, 7) is 4.43. The Kier molecular flexibility index (Phi) is 6.49. The van der Waals surface area contributed by atoms with Gasteiger partial charge < -0.3 is 10.3 Å². The van der Waals surface area contributed by atoms with Gasteiger partial charge in [-0.3, -0.25) is 14.6 Å². The molecule has 2 aromatic heterocycles. The van der Waals surface area contributed by atoms with Crippen molar-refractivity contribution in [2.45, 2.75) is 33.2 Å². The van der Waals surface area contributed by atoms with Crippen molar-refractivity contribution in [1.29, 1.82) is 0 Å². The van der Waals surface area contributed by atoms with Gasteiger partial charge >= 0.3 is 0 Å². The maximum Gasteiger partial charge on any atom is 0.271 e. The number of rotatable bonds is 6. The molecule has 0 aliphatic heterocycles. The van der Waals surface area contributed by atoms with Gasteiger partial charge in [-0.15, -0.1) is 6.42 Å². The minimum Gasteiger partial charge on any atom is -0.352 e. The highest BCUT2D eigenvalue weighted by molar-refractivity contribution is 5.78. The topological polar surface area (TPSA) is 87.7 Å². The van der Waals surface area contributed by atoms with Crippen LogP contribution in [-0.4, -0.2) is 20.9 Å². The summed E-state index contributed by atoms with van der Waals surface area (Å²) in [6, 6.07) is 7.16. The Bertz CT molecular complexity index is 1250. The quantitative estimate of drug-likeness (QED) is 0.575. The second-order valence-corrected chi connectivity index (χ2v) is 7.73. The van der Waals surface area contributed by atoms with E-state index in [2.05, 4.69) is 26.2 Å². The Morgan fingerprint density at radius 1 is 1.25 bits per heavy atom. The van der Waals surface area contributed by atoms with Crippen LogP contribution in [0.4, 0.5) is 8.78 Å². The van der Waals surface area contributed by atoms with Crippen LogP contribution in [0.1, 0.15) is 37.5 Å². The molecule has 0 unspecified atom stereocenters. The third-order valence-corrected chi connectivity index (χ3v) is 4.75. The maximum absolute atomic E-state index is 14.4. The van der Waals surface area contributed by atoms with Crippen molar-refractivity contribution in [3.05, 3.63) is 69.8 Å². The van der Waals surface area contributed by atoms with E-state index in [4.69, 9.17) is 6.42 Å². The van der Waals surface area contributed by atoms with Crippen molar-refractivity contribution in [2.24, 2.45) is 5.92 Å². The molecule has 8 heteroatoms. The first-order valence-electron chi connectivity index (χ1n) is 9.91. The molecule has 0 saturated carbocycles. The lowest BCUT2D eigenvalue weighted by Crippen LogP contribution is -2.27. The Hall–Kier alpha value is -3.86. The summed E-state index contributed by atoms with van der Waals surface area (Å²) in [5, 5.41) is 2.75. The molecule has 0 radical (unpaired) electrons. The number of nitrogens with zero attached hydrogens (tertiary/aromatic N) is 2. The van der Waals surface area contributed by atoms with Crippen molar-refractivity contribution in [1.82, 2.24) is 20.3 Å². The van der Waals surface area contributed by atoms with Gasteiger partial charge in [-0.25, -0.2) is 13.8 Å². The zero-order chi connectivity index (χ0) is 23.5. The van der Waals surface area contributed by atoms with Gasteiger partial charge in [0.25, 0.3) is 11.5 Å². The first-order chi connectivity index (χ1) is 15.1. The summed E-state index contributed by atoms with van der Waals surface area (Å²) in [6.07, 6.45) is 8.38. The van der Waals surface area contributed by atoms with Crippen molar-refractivity contribution in [3.8, 4) is 35.0 Å². The van der Waals surface area contributed by atoms with Crippen LogP contribution < -0.4 is 10.9 Å². The average molecular weight is 436 g/mol. The number of pyridine rings is 1. The number of hydrogen-bond acceptors (Lipinski definition) is 4. The maximum atomic E-state index is 14.4. The molecule has 3 rings (SSSR count). The molecule has 164 valence electrons. The molecule has 0 atom stereocenters. The first-order valence-corrected chi connectivity index (χ1v) is 9.91. The zero-order valence-corrected chi connectivity index (χ0v) is 17.9. The summed E-state index contributed by atoms with van der Waals surface area (Å²) < 4.78 is 28.7. The molecule has 1 aromatic carbocycles. The molecule has 0 saturated heterocycles. The van der Waals surface area contributed by atoms with Crippen molar-refractivity contribution in [2.75, 3.05) is 0 Å². The normalized spacial score (nSPS) is 11.3. The van der Waals surface area contributed by atoms with E-state index in [1.807, 2.05) is 0 Å². The number of alkyl halides is 2. The second kappa shape index (κ2) is 9.10. The van der Waals surface area contributed by atoms with Crippen LogP contribution in [0, 0.1) is 18.3 Å². The SMILES string of the molecule is C#Cc1cncc(-c2cc(=O)[nH]c(-c3cc(CNC(=O)C(C)C)ccc3C(C)(F)F)n2)c1. The van der Waals surface area contributed by atoms with E-state index in [1.54, 1.807) is 19.9 Å². The molecule has 0 aliphatic carbocycles. The molecule has 2 N–H and O–H groups in total. The molecule has 0 spiro atoms. The number of halogens is 2. The third-order valence-electron chi connectivity index (χ3n) is 4.75. The Labute approximate surface area is 184 Å². The number of aromatic amines is 1. The van der Waals surface area contributed by atoms with Gasteiger partial charge in [-0.1, -0.05) is 31.9 Å². The van der Waals surface area contributed by atoms with E-state index < -0.39 is 11.5 Å². The number of terminal acetylenes is 1. The molecule has 6 nitrogen and oxygen atoms in total. The lowest BCUT2D eigenvalue weighted by Gasteiger charge is -2.17. The van der Waals surface area contributed by atoms with Gasteiger partial charge in [0.15, 0.2) is 0 Å². The Balaban J connectivity index is 2.11. The standard InChI is InChI=1S/C24H22F2N4O2/c1-5-15-8-17(13-27-11-15)20-10-21(31)30-22(29-20)18-9-16(12-28-23(32)14(2)3)6-7-19(18)24(4,25)26/h1,6-11,13-14H,12H2,2-4H3,(H,28,32)(H,29,30,31). The first kappa shape index (κ1) is 22.8. The number of H-pyrrole nitrogens is 1. The third kappa shape index (κ3) is 5.24. The Morgan fingerprint density at radius 3 is 2.66 bits per heavy atom. The van der Waals surface area contributed by atoms with Crippen molar-refractivity contribution >= 4 is 5.91 Å². The molecular formula is C24H22F2N4O2. The fourth-order valence-electron chi connectivity index (χ4n) is 3.07. The van der Waals surface area contributed by atoms with Gasteiger partial charge in [-0.05, 0) is 17.7 Å². The molecule has 0 aliphatic rings. The smallest absolute Gasteiger partial charge is 0.271 e. The zero-order valence-electron chi connectivity index (χ0n) is 17.9. The number of nitrogens with one attached hydrogen (secondary N) is 2. The number of carbonyl (C=O) groups excluding carboxylic acids is 1. The van der Waals surface area contributed by atoms with E-state index in [-0.39, 0.29) is 41.0 Å². The van der Waals surface area contributed by atoms with E-state index >= 15 is 0 Å². The number of aromatic nitrogens is 3. The molecular weight excluding hydrogens is 414 g/mol.